The molecule has 2 amide bonds. The normalized spacial score (nSPS) is 10.4. The molecule has 0 saturated carbocycles. The number of carbonyl (C=O) groups excluding carboxylic acids is 1. The van der Waals surface area contributed by atoms with Gasteiger partial charge in [0.25, 0.3) is 0 Å². The maximum Gasteiger partial charge on any atom is 0.317 e. The number of amides is 2. The van der Waals surface area contributed by atoms with Crippen LogP contribution in [0.25, 0.3) is 0 Å². The fourth-order valence-electron chi connectivity index (χ4n) is 1.89. The minimum atomic E-state index is -0.696. The highest BCUT2D eigenvalue weighted by Crippen LogP contribution is 2.11. The Morgan fingerprint density at radius 1 is 1.05 bits per heavy atom. The largest absolute Gasteiger partial charge is 0.334 e. The van der Waals surface area contributed by atoms with E-state index in [4.69, 9.17) is 0 Å². The van der Waals surface area contributed by atoms with Crippen molar-refractivity contribution < 1.29 is 18.0 Å². The van der Waals surface area contributed by atoms with Crippen LogP contribution in [0.1, 0.15) is 11.1 Å². The molecule has 0 saturated heterocycles. The lowest BCUT2D eigenvalue weighted by Gasteiger charge is -2.18. The number of hydrogen-bond donors (Lipinski definition) is 1. The zero-order valence-electron chi connectivity index (χ0n) is 11.9. The molecule has 0 fully saturated rings. The molecule has 22 heavy (non-hydrogen) atoms. The van der Waals surface area contributed by atoms with Gasteiger partial charge < -0.3 is 10.2 Å². The molecule has 0 aliphatic heterocycles. The molecule has 0 atom stereocenters. The summed E-state index contributed by atoms with van der Waals surface area (Å²) >= 11 is 0. The van der Waals surface area contributed by atoms with Gasteiger partial charge in [-0.3, -0.25) is 0 Å². The van der Waals surface area contributed by atoms with Crippen LogP contribution in [0.2, 0.25) is 0 Å². The van der Waals surface area contributed by atoms with Crippen molar-refractivity contribution in [1.29, 1.82) is 0 Å². The molecule has 0 aliphatic rings. The summed E-state index contributed by atoms with van der Waals surface area (Å²) < 4.78 is 39.1. The Morgan fingerprint density at radius 3 is 2.32 bits per heavy atom. The summed E-state index contributed by atoms with van der Waals surface area (Å²) in [7, 11) is 1.50. The van der Waals surface area contributed by atoms with E-state index in [2.05, 4.69) is 5.32 Å². The van der Waals surface area contributed by atoms with Gasteiger partial charge in [-0.05, 0) is 23.8 Å². The van der Waals surface area contributed by atoms with Crippen molar-refractivity contribution in [2.45, 2.75) is 13.1 Å². The van der Waals surface area contributed by atoms with E-state index >= 15 is 0 Å². The molecule has 2 rings (SSSR count). The van der Waals surface area contributed by atoms with Crippen molar-refractivity contribution in [3.05, 3.63) is 71.0 Å². The standard InChI is InChI=1S/C16H15F3N2O/c1-21(10-12-4-7-14(18)8-15(12)19)16(22)20-9-11-2-5-13(17)6-3-11/h2-8H,9-10H2,1H3,(H,20,22). The van der Waals surface area contributed by atoms with Crippen molar-refractivity contribution in [3.8, 4) is 0 Å². The molecule has 3 nitrogen and oxygen atoms in total. The second-order valence-corrected chi connectivity index (χ2v) is 4.88. The first-order valence-electron chi connectivity index (χ1n) is 6.63. The van der Waals surface area contributed by atoms with Gasteiger partial charge in [0.1, 0.15) is 17.5 Å². The lowest BCUT2D eigenvalue weighted by Crippen LogP contribution is -2.36. The zero-order valence-corrected chi connectivity index (χ0v) is 11.9. The summed E-state index contributed by atoms with van der Waals surface area (Å²) in [5, 5.41) is 2.64. The SMILES string of the molecule is CN(Cc1ccc(F)cc1F)C(=O)NCc1ccc(F)cc1. The van der Waals surface area contributed by atoms with Crippen LogP contribution in [0.5, 0.6) is 0 Å². The van der Waals surface area contributed by atoms with Gasteiger partial charge in [0.15, 0.2) is 0 Å². The van der Waals surface area contributed by atoms with Crippen LogP contribution in [-0.2, 0) is 13.1 Å². The minimum Gasteiger partial charge on any atom is -0.334 e. The van der Waals surface area contributed by atoms with Crippen molar-refractivity contribution >= 4 is 6.03 Å². The summed E-state index contributed by atoms with van der Waals surface area (Å²) in [6.07, 6.45) is 0. The highest BCUT2D eigenvalue weighted by atomic mass is 19.1. The van der Waals surface area contributed by atoms with Crippen LogP contribution in [0.15, 0.2) is 42.5 Å². The smallest absolute Gasteiger partial charge is 0.317 e. The number of nitrogens with one attached hydrogen (secondary N) is 1. The Balaban J connectivity index is 1.90. The fraction of sp³-hybridized carbons (Fsp3) is 0.188. The van der Waals surface area contributed by atoms with Crippen LogP contribution in [0, 0.1) is 17.5 Å². The highest BCUT2D eigenvalue weighted by molar-refractivity contribution is 5.73. The van der Waals surface area contributed by atoms with E-state index in [1.807, 2.05) is 0 Å². The fourth-order valence-corrected chi connectivity index (χ4v) is 1.89. The number of benzene rings is 2. The highest BCUT2D eigenvalue weighted by Gasteiger charge is 2.12. The number of hydrogen-bond acceptors (Lipinski definition) is 1. The van der Waals surface area contributed by atoms with Crippen LogP contribution >= 0.6 is 0 Å². The molecule has 0 aromatic heterocycles. The van der Waals surface area contributed by atoms with Gasteiger partial charge >= 0.3 is 6.03 Å². The van der Waals surface area contributed by atoms with E-state index in [0.29, 0.717) is 0 Å². The molecule has 2 aromatic rings. The molecule has 1 N–H and O–H groups in total. The molecule has 2 aromatic carbocycles. The van der Waals surface area contributed by atoms with Crippen molar-refractivity contribution in [1.82, 2.24) is 10.2 Å². The summed E-state index contributed by atoms with van der Waals surface area (Å²) in [4.78, 5) is 13.2. The van der Waals surface area contributed by atoms with E-state index in [-0.39, 0.29) is 24.5 Å². The number of halogens is 3. The topological polar surface area (TPSA) is 32.3 Å². The van der Waals surface area contributed by atoms with E-state index in [9.17, 15) is 18.0 Å². The van der Waals surface area contributed by atoms with Gasteiger partial charge in [-0.15, -0.1) is 0 Å². The predicted octanol–water partition coefficient (Wildman–Crippen LogP) is 3.45. The van der Waals surface area contributed by atoms with Crippen molar-refractivity contribution in [2.24, 2.45) is 0 Å². The molecule has 0 spiro atoms. The molecule has 6 heteroatoms. The van der Waals surface area contributed by atoms with Crippen LogP contribution in [0.4, 0.5) is 18.0 Å². The lowest BCUT2D eigenvalue weighted by atomic mass is 10.2. The quantitative estimate of drug-likeness (QED) is 0.922. The van der Waals surface area contributed by atoms with E-state index in [1.165, 1.54) is 30.1 Å². The lowest BCUT2D eigenvalue weighted by molar-refractivity contribution is 0.206. The third-order valence-corrected chi connectivity index (χ3v) is 3.13. The van der Waals surface area contributed by atoms with Crippen molar-refractivity contribution in [3.63, 3.8) is 0 Å². The Kier molecular flexibility index (Phi) is 5.04. The minimum absolute atomic E-state index is 0.0152. The number of carbonyl (C=O) groups is 1. The van der Waals surface area contributed by atoms with Gasteiger partial charge in [-0.25, -0.2) is 18.0 Å². The van der Waals surface area contributed by atoms with Gasteiger partial charge in [0.05, 0.1) is 0 Å². The first kappa shape index (κ1) is 15.9. The average molecular weight is 308 g/mol. The zero-order chi connectivity index (χ0) is 16.1. The first-order chi connectivity index (χ1) is 10.5. The molecule has 0 heterocycles. The van der Waals surface area contributed by atoms with E-state index in [1.54, 1.807) is 12.1 Å². The summed E-state index contributed by atoms with van der Waals surface area (Å²) in [6.45, 7) is 0.247. The third-order valence-electron chi connectivity index (χ3n) is 3.13. The molecule has 0 radical (unpaired) electrons. The summed E-state index contributed by atoms with van der Waals surface area (Å²) in [6, 6.07) is 8.55. The maximum atomic E-state index is 13.5. The van der Waals surface area contributed by atoms with E-state index < -0.39 is 17.7 Å². The van der Waals surface area contributed by atoms with Crippen LogP contribution in [-0.4, -0.2) is 18.0 Å². The Bertz CT molecular complexity index is 659. The second kappa shape index (κ2) is 6.98. The van der Waals surface area contributed by atoms with Crippen LogP contribution in [0.3, 0.4) is 0 Å². The van der Waals surface area contributed by atoms with Crippen LogP contribution < -0.4 is 5.32 Å². The molecule has 0 unspecified atom stereocenters. The molecule has 0 bridgehead atoms. The Labute approximate surface area is 126 Å². The van der Waals surface area contributed by atoms with E-state index in [0.717, 1.165) is 17.7 Å². The van der Waals surface area contributed by atoms with Gasteiger partial charge in [-0.1, -0.05) is 18.2 Å². The van der Waals surface area contributed by atoms with Gasteiger partial charge in [0, 0.05) is 31.8 Å². The average Bonchev–Trinajstić information content (AvgIpc) is 2.49. The second-order valence-electron chi connectivity index (χ2n) is 4.88. The van der Waals surface area contributed by atoms with Gasteiger partial charge in [-0.2, -0.15) is 0 Å². The monoisotopic (exact) mass is 308 g/mol. The molecule has 0 aliphatic carbocycles. The maximum absolute atomic E-state index is 13.5. The third kappa shape index (κ3) is 4.25. The number of rotatable bonds is 4. The van der Waals surface area contributed by atoms with Gasteiger partial charge in [0.2, 0.25) is 0 Å². The molecular formula is C16H15F3N2O. The number of nitrogens with zero attached hydrogens (tertiary/aromatic N) is 1. The first-order valence-corrected chi connectivity index (χ1v) is 6.63. The Morgan fingerprint density at radius 2 is 1.68 bits per heavy atom. The number of urea groups is 1. The summed E-state index contributed by atoms with van der Waals surface area (Å²) in [5.41, 5.74) is 0.969. The van der Waals surface area contributed by atoms with Crippen molar-refractivity contribution in [2.75, 3.05) is 7.05 Å². The summed E-state index contributed by atoms with van der Waals surface area (Å²) in [5.74, 6) is -1.71. The predicted molar refractivity (Wildman–Crippen MR) is 76.5 cm³/mol. The Hall–Kier alpha value is -2.50. The molecular weight excluding hydrogens is 293 g/mol. The molecule has 116 valence electrons.